The number of nitriles is 1. The Hall–Kier alpha value is -1.71. The summed E-state index contributed by atoms with van der Waals surface area (Å²) in [6, 6.07) is 2.52. The second-order valence-corrected chi connectivity index (χ2v) is 5.58. The number of anilines is 1. The summed E-state index contributed by atoms with van der Waals surface area (Å²) in [4.78, 5) is 0. The van der Waals surface area contributed by atoms with E-state index in [1.165, 1.54) is 0 Å². The summed E-state index contributed by atoms with van der Waals surface area (Å²) < 4.78 is 5.83. The summed E-state index contributed by atoms with van der Waals surface area (Å²) in [6.07, 6.45) is 4.47. The van der Waals surface area contributed by atoms with Gasteiger partial charge in [-0.25, -0.2) is 0 Å². The number of aromatic nitrogens is 2. The first-order valence-corrected chi connectivity index (χ1v) is 7.47. The molecular formula is C15H23N5O. The van der Waals surface area contributed by atoms with Gasteiger partial charge < -0.3 is 15.8 Å². The first-order valence-electron chi connectivity index (χ1n) is 7.47. The van der Waals surface area contributed by atoms with Crippen LogP contribution in [0, 0.1) is 25.2 Å². The largest absolute Gasteiger partial charge is 0.376 e. The molecule has 114 valence electrons. The zero-order valence-corrected chi connectivity index (χ0v) is 12.7. The average Bonchev–Trinajstić information content (AvgIpc) is 2.49. The number of ether oxygens (including phenoxy) is 1. The van der Waals surface area contributed by atoms with Gasteiger partial charge in [-0.15, -0.1) is 5.10 Å². The Bertz CT molecular complexity index is 518. The van der Waals surface area contributed by atoms with Crippen molar-refractivity contribution in [1.29, 1.82) is 5.26 Å². The van der Waals surface area contributed by atoms with Gasteiger partial charge in [-0.05, 0) is 45.1 Å². The third-order valence-electron chi connectivity index (χ3n) is 4.03. The predicted molar refractivity (Wildman–Crippen MR) is 80.9 cm³/mol. The SMILES string of the molecule is Cc1nnc(NCCOC2CCC(N)CC2)c(C#N)c1C. The lowest BCUT2D eigenvalue weighted by Gasteiger charge is -2.26. The number of hydrogen-bond donors (Lipinski definition) is 2. The van der Waals surface area contributed by atoms with E-state index in [0.717, 1.165) is 36.9 Å². The van der Waals surface area contributed by atoms with Crippen LogP contribution in [0.4, 0.5) is 5.82 Å². The molecule has 1 fully saturated rings. The minimum atomic E-state index is 0.313. The molecule has 0 aromatic carbocycles. The first kappa shape index (κ1) is 15.7. The van der Waals surface area contributed by atoms with Gasteiger partial charge in [0.05, 0.1) is 18.4 Å². The van der Waals surface area contributed by atoms with Crippen LogP contribution in [0.5, 0.6) is 0 Å². The van der Waals surface area contributed by atoms with Crippen LogP contribution in [0.15, 0.2) is 0 Å². The molecular weight excluding hydrogens is 266 g/mol. The van der Waals surface area contributed by atoms with Gasteiger partial charge in [0.25, 0.3) is 0 Å². The molecule has 0 spiro atoms. The molecule has 1 aliphatic rings. The molecule has 1 aromatic rings. The van der Waals surface area contributed by atoms with Gasteiger partial charge in [0.15, 0.2) is 5.82 Å². The molecule has 0 unspecified atom stereocenters. The van der Waals surface area contributed by atoms with Crippen LogP contribution in [-0.4, -0.2) is 35.5 Å². The summed E-state index contributed by atoms with van der Waals surface area (Å²) in [7, 11) is 0. The molecule has 2 rings (SSSR count). The highest BCUT2D eigenvalue weighted by Gasteiger charge is 2.18. The number of nitrogens with zero attached hydrogens (tertiary/aromatic N) is 3. The van der Waals surface area contributed by atoms with Crippen molar-refractivity contribution in [2.45, 2.75) is 51.7 Å². The fourth-order valence-corrected chi connectivity index (χ4v) is 2.52. The van der Waals surface area contributed by atoms with Crippen LogP contribution in [-0.2, 0) is 4.74 Å². The van der Waals surface area contributed by atoms with E-state index in [1.807, 2.05) is 13.8 Å². The lowest BCUT2D eigenvalue weighted by Crippen LogP contribution is -2.31. The van der Waals surface area contributed by atoms with E-state index < -0.39 is 0 Å². The highest BCUT2D eigenvalue weighted by molar-refractivity contribution is 5.55. The molecule has 0 amide bonds. The molecule has 0 aliphatic heterocycles. The van der Waals surface area contributed by atoms with Gasteiger partial charge in [0, 0.05) is 12.6 Å². The van der Waals surface area contributed by atoms with Crippen LogP contribution in [0.1, 0.15) is 42.5 Å². The Morgan fingerprint density at radius 3 is 2.67 bits per heavy atom. The van der Waals surface area contributed by atoms with Gasteiger partial charge in [0.2, 0.25) is 0 Å². The van der Waals surface area contributed by atoms with Crippen molar-refractivity contribution in [2.75, 3.05) is 18.5 Å². The minimum Gasteiger partial charge on any atom is -0.376 e. The van der Waals surface area contributed by atoms with E-state index in [0.29, 0.717) is 36.7 Å². The molecule has 0 saturated heterocycles. The van der Waals surface area contributed by atoms with Gasteiger partial charge in [0.1, 0.15) is 11.6 Å². The molecule has 0 bridgehead atoms. The Kier molecular flexibility index (Phi) is 5.48. The van der Waals surface area contributed by atoms with Gasteiger partial charge in [-0.3, -0.25) is 0 Å². The summed E-state index contributed by atoms with van der Waals surface area (Å²) in [5, 5.41) is 20.4. The Morgan fingerprint density at radius 1 is 1.29 bits per heavy atom. The van der Waals surface area contributed by atoms with Crippen molar-refractivity contribution < 1.29 is 4.74 Å². The fourth-order valence-electron chi connectivity index (χ4n) is 2.52. The topological polar surface area (TPSA) is 96.8 Å². The summed E-state index contributed by atoms with van der Waals surface area (Å²) >= 11 is 0. The number of rotatable bonds is 5. The molecule has 0 radical (unpaired) electrons. The van der Waals surface area contributed by atoms with Crippen molar-refractivity contribution in [3.05, 3.63) is 16.8 Å². The van der Waals surface area contributed by atoms with Crippen LogP contribution in [0.3, 0.4) is 0 Å². The third kappa shape index (κ3) is 4.13. The first-order chi connectivity index (χ1) is 10.1. The predicted octanol–water partition coefficient (Wildman–Crippen LogP) is 1.66. The van der Waals surface area contributed by atoms with E-state index in [-0.39, 0.29) is 0 Å². The lowest BCUT2D eigenvalue weighted by atomic mass is 9.94. The van der Waals surface area contributed by atoms with Crippen molar-refractivity contribution in [2.24, 2.45) is 5.73 Å². The molecule has 1 heterocycles. The molecule has 6 nitrogen and oxygen atoms in total. The van der Waals surface area contributed by atoms with Gasteiger partial charge in [-0.1, -0.05) is 0 Å². The van der Waals surface area contributed by atoms with Gasteiger partial charge in [-0.2, -0.15) is 10.4 Å². The fraction of sp³-hybridized carbons (Fsp3) is 0.667. The zero-order valence-electron chi connectivity index (χ0n) is 12.7. The van der Waals surface area contributed by atoms with Crippen LogP contribution in [0.2, 0.25) is 0 Å². The van der Waals surface area contributed by atoms with Gasteiger partial charge >= 0.3 is 0 Å². The Labute approximate surface area is 125 Å². The average molecular weight is 289 g/mol. The standard InChI is InChI=1S/C15H23N5O/c1-10-11(2)19-20-15(14(10)9-16)18-7-8-21-13-5-3-12(17)4-6-13/h12-13H,3-8,17H2,1-2H3,(H,18,20). The molecule has 1 saturated carbocycles. The van der Waals surface area contributed by atoms with Crippen molar-refractivity contribution >= 4 is 5.82 Å². The number of nitrogens with one attached hydrogen (secondary N) is 1. The van der Waals surface area contributed by atoms with E-state index in [2.05, 4.69) is 21.6 Å². The van der Waals surface area contributed by atoms with E-state index in [1.54, 1.807) is 0 Å². The Balaban J connectivity index is 1.79. The monoisotopic (exact) mass is 289 g/mol. The van der Waals surface area contributed by atoms with Crippen LogP contribution in [0.25, 0.3) is 0 Å². The van der Waals surface area contributed by atoms with Crippen molar-refractivity contribution in [1.82, 2.24) is 10.2 Å². The summed E-state index contributed by atoms with van der Waals surface area (Å²) in [5.41, 5.74) is 8.09. The summed E-state index contributed by atoms with van der Waals surface area (Å²) in [6.45, 7) is 4.95. The maximum absolute atomic E-state index is 9.21. The van der Waals surface area contributed by atoms with Crippen LogP contribution >= 0.6 is 0 Å². The van der Waals surface area contributed by atoms with E-state index >= 15 is 0 Å². The second kappa shape index (κ2) is 7.34. The number of aryl methyl sites for hydroxylation is 1. The van der Waals surface area contributed by atoms with E-state index in [4.69, 9.17) is 10.5 Å². The summed E-state index contributed by atoms with van der Waals surface area (Å²) in [5.74, 6) is 0.537. The van der Waals surface area contributed by atoms with Crippen molar-refractivity contribution in [3.8, 4) is 6.07 Å². The van der Waals surface area contributed by atoms with Crippen molar-refractivity contribution in [3.63, 3.8) is 0 Å². The minimum absolute atomic E-state index is 0.313. The molecule has 6 heteroatoms. The maximum Gasteiger partial charge on any atom is 0.167 e. The quantitative estimate of drug-likeness (QED) is 0.800. The Morgan fingerprint density at radius 2 is 2.00 bits per heavy atom. The second-order valence-electron chi connectivity index (χ2n) is 5.58. The zero-order chi connectivity index (χ0) is 15.2. The number of nitrogens with two attached hydrogens (primary N) is 1. The van der Waals surface area contributed by atoms with E-state index in [9.17, 15) is 5.26 Å². The molecule has 1 aromatic heterocycles. The molecule has 1 aliphatic carbocycles. The maximum atomic E-state index is 9.21. The smallest absolute Gasteiger partial charge is 0.167 e. The molecule has 0 atom stereocenters. The van der Waals surface area contributed by atoms with Crippen LogP contribution < -0.4 is 11.1 Å². The normalized spacial score (nSPS) is 21.8. The highest BCUT2D eigenvalue weighted by atomic mass is 16.5. The molecule has 21 heavy (non-hydrogen) atoms. The highest BCUT2D eigenvalue weighted by Crippen LogP contribution is 2.20. The lowest BCUT2D eigenvalue weighted by molar-refractivity contribution is 0.0313. The number of hydrogen-bond acceptors (Lipinski definition) is 6. The molecule has 3 N–H and O–H groups in total. The third-order valence-corrected chi connectivity index (χ3v) is 4.03.